The smallest absolute Gasteiger partial charge is 0.335 e. The standard InChI is InChI=1S/C17H21N3O2/c1-4-5-14-10-15(20-16(19-14)11(2)3)18-13-8-6-12(7-9-13)17(21)22/h6-11H,4-5H2,1-3H3,(H,21,22)(H,18,19,20). The number of carbonyl (C=O) groups is 1. The molecule has 0 aliphatic heterocycles. The average Bonchev–Trinajstić information content (AvgIpc) is 2.48. The second kappa shape index (κ2) is 7.02. The van der Waals surface area contributed by atoms with Crippen LogP contribution in [-0.2, 0) is 6.42 Å². The first-order chi connectivity index (χ1) is 10.5. The van der Waals surface area contributed by atoms with Crippen molar-refractivity contribution >= 4 is 17.5 Å². The summed E-state index contributed by atoms with van der Waals surface area (Å²) in [7, 11) is 0. The van der Waals surface area contributed by atoms with E-state index < -0.39 is 5.97 Å². The second-order valence-electron chi connectivity index (χ2n) is 5.51. The van der Waals surface area contributed by atoms with Gasteiger partial charge in [0.05, 0.1) is 5.56 Å². The molecule has 5 nitrogen and oxygen atoms in total. The van der Waals surface area contributed by atoms with E-state index in [-0.39, 0.29) is 11.5 Å². The van der Waals surface area contributed by atoms with Crippen LogP contribution in [0.15, 0.2) is 30.3 Å². The molecule has 1 heterocycles. The molecule has 0 fully saturated rings. The van der Waals surface area contributed by atoms with E-state index in [1.165, 1.54) is 0 Å². The van der Waals surface area contributed by atoms with E-state index in [2.05, 4.69) is 36.1 Å². The molecule has 5 heteroatoms. The zero-order valence-corrected chi connectivity index (χ0v) is 13.1. The number of rotatable bonds is 6. The molecule has 0 aliphatic carbocycles. The minimum atomic E-state index is -0.930. The van der Waals surface area contributed by atoms with Crippen molar-refractivity contribution in [3.05, 3.63) is 47.4 Å². The maximum Gasteiger partial charge on any atom is 0.335 e. The summed E-state index contributed by atoms with van der Waals surface area (Å²) in [5, 5.41) is 12.1. The quantitative estimate of drug-likeness (QED) is 0.843. The number of hydrogen-bond acceptors (Lipinski definition) is 4. The Balaban J connectivity index is 2.25. The third-order valence-electron chi connectivity index (χ3n) is 3.22. The Morgan fingerprint density at radius 1 is 1.23 bits per heavy atom. The van der Waals surface area contributed by atoms with Crippen LogP contribution in [-0.4, -0.2) is 21.0 Å². The topological polar surface area (TPSA) is 75.1 Å². The highest BCUT2D eigenvalue weighted by atomic mass is 16.4. The predicted molar refractivity (Wildman–Crippen MR) is 86.8 cm³/mol. The number of carboxylic acids is 1. The second-order valence-corrected chi connectivity index (χ2v) is 5.51. The molecule has 0 amide bonds. The van der Waals surface area contributed by atoms with E-state index in [9.17, 15) is 4.79 Å². The monoisotopic (exact) mass is 299 g/mol. The van der Waals surface area contributed by atoms with Gasteiger partial charge in [-0.3, -0.25) is 0 Å². The van der Waals surface area contributed by atoms with Gasteiger partial charge in [0.15, 0.2) is 0 Å². The molecule has 1 aromatic carbocycles. The van der Waals surface area contributed by atoms with Gasteiger partial charge in [0.2, 0.25) is 0 Å². The van der Waals surface area contributed by atoms with Gasteiger partial charge in [-0.05, 0) is 30.7 Å². The van der Waals surface area contributed by atoms with Gasteiger partial charge >= 0.3 is 5.97 Å². The molecular formula is C17H21N3O2. The van der Waals surface area contributed by atoms with Gasteiger partial charge in [0.25, 0.3) is 0 Å². The van der Waals surface area contributed by atoms with Gasteiger partial charge in [0, 0.05) is 23.4 Å². The van der Waals surface area contributed by atoms with Crippen molar-refractivity contribution < 1.29 is 9.90 Å². The maximum atomic E-state index is 10.9. The largest absolute Gasteiger partial charge is 0.478 e. The first-order valence-electron chi connectivity index (χ1n) is 7.47. The van der Waals surface area contributed by atoms with Crippen LogP contribution in [0.1, 0.15) is 55.0 Å². The zero-order chi connectivity index (χ0) is 16.1. The molecule has 0 atom stereocenters. The Morgan fingerprint density at radius 2 is 1.91 bits per heavy atom. The van der Waals surface area contributed by atoms with Crippen molar-refractivity contribution in [2.75, 3.05) is 5.32 Å². The lowest BCUT2D eigenvalue weighted by Gasteiger charge is -2.11. The summed E-state index contributed by atoms with van der Waals surface area (Å²) in [6.07, 6.45) is 1.94. The maximum absolute atomic E-state index is 10.9. The number of nitrogens with one attached hydrogen (secondary N) is 1. The normalized spacial score (nSPS) is 10.7. The SMILES string of the molecule is CCCc1cc(Nc2ccc(C(=O)O)cc2)nc(C(C)C)n1. The van der Waals surface area contributed by atoms with Gasteiger partial charge in [0.1, 0.15) is 11.6 Å². The Morgan fingerprint density at radius 3 is 2.45 bits per heavy atom. The lowest BCUT2D eigenvalue weighted by atomic mass is 10.1. The number of benzene rings is 1. The highest BCUT2D eigenvalue weighted by Crippen LogP contribution is 2.19. The molecule has 0 bridgehead atoms. The molecule has 0 radical (unpaired) electrons. The highest BCUT2D eigenvalue weighted by molar-refractivity contribution is 5.88. The third kappa shape index (κ3) is 4.04. The van der Waals surface area contributed by atoms with Crippen molar-refractivity contribution in [3.8, 4) is 0 Å². The van der Waals surface area contributed by atoms with Crippen LogP contribution in [0.2, 0.25) is 0 Å². The number of aryl methyl sites for hydroxylation is 1. The van der Waals surface area contributed by atoms with Crippen LogP contribution >= 0.6 is 0 Å². The van der Waals surface area contributed by atoms with Gasteiger partial charge in [-0.2, -0.15) is 0 Å². The molecular weight excluding hydrogens is 278 g/mol. The molecule has 22 heavy (non-hydrogen) atoms. The Kier molecular flexibility index (Phi) is 5.09. The molecule has 2 N–H and O–H groups in total. The van der Waals surface area contributed by atoms with E-state index >= 15 is 0 Å². The number of hydrogen-bond donors (Lipinski definition) is 2. The van der Waals surface area contributed by atoms with Crippen molar-refractivity contribution in [2.45, 2.75) is 39.5 Å². The molecule has 2 aromatic rings. The Hall–Kier alpha value is -2.43. The van der Waals surface area contributed by atoms with E-state index in [4.69, 9.17) is 5.11 Å². The van der Waals surface area contributed by atoms with E-state index in [1.807, 2.05) is 6.07 Å². The first-order valence-corrected chi connectivity index (χ1v) is 7.47. The Labute approximate surface area is 130 Å². The molecule has 1 aromatic heterocycles. The number of nitrogens with zero attached hydrogens (tertiary/aromatic N) is 2. The lowest BCUT2D eigenvalue weighted by molar-refractivity contribution is 0.0697. The fourth-order valence-corrected chi connectivity index (χ4v) is 2.07. The summed E-state index contributed by atoms with van der Waals surface area (Å²) in [5.74, 6) is 0.883. The molecule has 0 aliphatic rings. The van der Waals surface area contributed by atoms with Crippen LogP contribution in [0.5, 0.6) is 0 Å². The third-order valence-corrected chi connectivity index (χ3v) is 3.22. The summed E-state index contributed by atoms with van der Waals surface area (Å²) >= 11 is 0. The van der Waals surface area contributed by atoms with E-state index in [0.29, 0.717) is 0 Å². The number of carboxylic acid groups (broad SMARTS) is 1. The number of anilines is 2. The lowest BCUT2D eigenvalue weighted by Crippen LogP contribution is -2.05. The summed E-state index contributed by atoms with van der Waals surface area (Å²) in [5.41, 5.74) is 2.09. The summed E-state index contributed by atoms with van der Waals surface area (Å²) in [4.78, 5) is 20.0. The number of aromatic carboxylic acids is 1. The van der Waals surface area contributed by atoms with Crippen LogP contribution < -0.4 is 5.32 Å². The van der Waals surface area contributed by atoms with E-state index in [1.54, 1.807) is 24.3 Å². The molecule has 116 valence electrons. The molecule has 0 saturated carbocycles. The van der Waals surface area contributed by atoms with Crippen molar-refractivity contribution in [1.29, 1.82) is 0 Å². The fraction of sp³-hybridized carbons (Fsp3) is 0.353. The summed E-state index contributed by atoms with van der Waals surface area (Å²) in [6, 6.07) is 8.56. The van der Waals surface area contributed by atoms with E-state index in [0.717, 1.165) is 35.9 Å². The average molecular weight is 299 g/mol. The van der Waals surface area contributed by atoms with Crippen LogP contribution in [0.3, 0.4) is 0 Å². The molecule has 0 spiro atoms. The van der Waals surface area contributed by atoms with Crippen LogP contribution in [0.25, 0.3) is 0 Å². The Bertz CT molecular complexity index is 651. The number of aromatic nitrogens is 2. The van der Waals surface area contributed by atoms with Gasteiger partial charge in [-0.1, -0.05) is 27.2 Å². The molecule has 2 rings (SSSR count). The van der Waals surface area contributed by atoms with Gasteiger partial charge in [-0.25, -0.2) is 14.8 Å². The minimum absolute atomic E-state index is 0.256. The van der Waals surface area contributed by atoms with Crippen LogP contribution in [0, 0.1) is 0 Å². The molecule has 0 unspecified atom stereocenters. The van der Waals surface area contributed by atoms with Crippen LogP contribution in [0.4, 0.5) is 11.5 Å². The van der Waals surface area contributed by atoms with Gasteiger partial charge in [-0.15, -0.1) is 0 Å². The minimum Gasteiger partial charge on any atom is -0.478 e. The fourth-order valence-electron chi connectivity index (χ4n) is 2.07. The van der Waals surface area contributed by atoms with Crippen molar-refractivity contribution in [2.24, 2.45) is 0 Å². The molecule has 0 saturated heterocycles. The van der Waals surface area contributed by atoms with Crippen molar-refractivity contribution in [1.82, 2.24) is 9.97 Å². The zero-order valence-electron chi connectivity index (χ0n) is 13.1. The highest BCUT2D eigenvalue weighted by Gasteiger charge is 2.08. The summed E-state index contributed by atoms with van der Waals surface area (Å²) < 4.78 is 0. The first kappa shape index (κ1) is 15.9. The predicted octanol–water partition coefficient (Wildman–Crippen LogP) is 3.99. The van der Waals surface area contributed by atoms with Gasteiger partial charge < -0.3 is 10.4 Å². The summed E-state index contributed by atoms with van der Waals surface area (Å²) in [6.45, 7) is 6.25. The van der Waals surface area contributed by atoms with Crippen molar-refractivity contribution in [3.63, 3.8) is 0 Å².